The lowest BCUT2D eigenvalue weighted by molar-refractivity contribution is 0.669. The third-order valence-corrected chi connectivity index (χ3v) is 3.33. The van der Waals surface area contributed by atoms with Gasteiger partial charge >= 0.3 is 0 Å². The summed E-state index contributed by atoms with van der Waals surface area (Å²) in [6.45, 7) is 0. The lowest BCUT2D eigenvalue weighted by Gasteiger charge is -1.93. The molecule has 0 unspecified atom stereocenters. The Morgan fingerprint density at radius 3 is 2.47 bits per heavy atom. The Bertz CT molecular complexity index is 727. The summed E-state index contributed by atoms with van der Waals surface area (Å²) in [7, 11) is 0. The molecule has 84 valence electrons. The SMILES string of the molecule is ClC=Cc1ccc2oc3ccc(Br)cc3c2c1. The van der Waals surface area contributed by atoms with E-state index >= 15 is 0 Å². The van der Waals surface area contributed by atoms with E-state index in [-0.39, 0.29) is 0 Å². The second kappa shape index (κ2) is 4.21. The summed E-state index contributed by atoms with van der Waals surface area (Å²) in [5, 5.41) is 2.22. The highest BCUT2D eigenvalue weighted by Crippen LogP contribution is 2.31. The van der Waals surface area contributed by atoms with Gasteiger partial charge in [-0.25, -0.2) is 0 Å². The van der Waals surface area contributed by atoms with Gasteiger partial charge in [-0.3, -0.25) is 0 Å². The van der Waals surface area contributed by atoms with E-state index in [1.807, 2.05) is 30.3 Å². The van der Waals surface area contributed by atoms with Crippen LogP contribution >= 0.6 is 27.5 Å². The minimum atomic E-state index is 0.893. The van der Waals surface area contributed by atoms with Gasteiger partial charge in [-0.1, -0.05) is 33.6 Å². The molecule has 0 atom stereocenters. The van der Waals surface area contributed by atoms with Crippen molar-refractivity contribution in [3.8, 4) is 0 Å². The van der Waals surface area contributed by atoms with Crippen LogP contribution in [0.4, 0.5) is 0 Å². The van der Waals surface area contributed by atoms with Crippen molar-refractivity contribution in [3.05, 3.63) is 52.0 Å². The molecule has 1 nitrogen and oxygen atoms in total. The Kier molecular flexibility index (Phi) is 2.69. The smallest absolute Gasteiger partial charge is 0.135 e. The molecule has 0 amide bonds. The predicted octanol–water partition coefficient (Wildman–Crippen LogP) is 5.56. The zero-order chi connectivity index (χ0) is 11.8. The number of halogens is 2. The molecule has 1 aromatic heterocycles. The first-order chi connectivity index (χ1) is 8.28. The summed E-state index contributed by atoms with van der Waals surface area (Å²) in [5.41, 5.74) is 4.37. The molecular formula is C14H8BrClO. The van der Waals surface area contributed by atoms with Gasteiger partial charge < -0.3 is 4.42 Å². The molecule has 0 aliphatic heterocycles. The number of hydrogen-bond donors (Lipinski definition) is 0. The molecule has 2 aromatic carbocycles. The van der Waals surface area contributed by atoms with E-state index < -0.39 is 0 Å². The highest BCUT2D eigenvalue weighted by atomic mass is 79.9. The average molecular weight is 308 g/mol. The van der Waals surface area contributed by atoms with E-state index in [9.17, 15) is 0 Å². The Labute approximate surface area is 112 Å². The molecule has 0 spiro atoms. The molecule has 0 N–H and O–H groups in total. The van der Waals surface area contributed by atoms with Crippen LogP contribution in [0.5, 0.6) is 0 Å². The first-order valence-corrected chi connectivity index (χ1v) is 6.39. The molecule has 0 aliphatic rings. The molecule has 1 heterocycles. The fraction of sp³-hybridized carbons (Fsp3) is 0. The first kappa shape index (κ1) is 10.9. The third kappa shape index (κ3) is 1.88. The molecule has 0 radical (unpaired) electrons. The summed E-state index contributed by atoms with van der Waals surface area (Å²) < 4.78 is 6.81. The largest absolute Gasteiger partial charge is 0.456 e. The lowest BCUT2D eigenvalue weighted by Crippen LogP contribution is -1.71. The van der Waals surface area contributed by atoms with E-state index in [2.05, 4.69) is 28.1 Å². The molecule has 0 aliphatic carbocycles. The van der Waals surface area contributed by atoms with Gasteiger partial charge in [-0.05, 0) is 42.0 Å². The van der Waals surface area contributed by atoms with Gasteiger partial charge in [0, 0.05) is 20.8 Å². The van der Waals surface area contributed by atoms with Crippen LogP contribution in [0.1, 0.15) is 5.56 Å². The molecule has 17 heavy (non-hydrogen) atoms. The zero-order valence-electron chi connectivity index (χ0n) is 8.78. The van der Waals surface area contributed by atoms with E-state index in [4.69, 9.17) is 16.0 Å². The summed E-state index contributed by atoms with van der Waals surface area (Å²) >= 11 is 9.07. The van der Waals surface area contributed by atoms with Crippen molar-refractivity contribution in [1.29, 1.82) is 0 Å². The number of benzene rings is 2. The molecule has 3 aromatic rings. The Morgan fingerprint density at radius 2 is 1.71 bits per heavy atom. The van der Waals surface area contributed by atoms with Crippen LogP contribution in [0.3, 0.4) is 0 Å². The maximum absolute atomic E-state index is 5.76. The lowest BCUT2D eigenvalue weighted by atomic mass is 10.1. The highest BCUT2D eigenvalue weighted by molar-refractivity contribution is 9.10. The number of fused-ring (bicyclic) bond motifs is 3. The Balaban J connectivity index is 2.39. The fourth-order valence-electron chi connectivity index (χ4n) is 1.94. The van der Waals surface area contributed by atoms with Crippen molar-refractivity contribution >= 4 is 55.5 Å². The van der Waals surface area contributed by atoms with E-state index in [0.29, 0.717) is 0 Å². The normalized spacial score (nSPS) is 11.9. The molecule has 3 rings (SSSR count). The molecule has 3 heteroatoms. The fourth-order valence-corrected chi connectivity index (χ4v) is 2.45. The molecule has 0 saturated carbocycles. The third-order valence-electron chi connectivity index (χ3n) is 2.71. The zero-order valence-corrected chi connectivity index (χ0v) is 11.1. The molecule has 0 bridgehead atoms. The highest BCUT2D eigenvalue weighted by Gasteiger charge is 2.07. The van der Waals surface area contributed by atoms with Crippen molar-refractivity contribution in [1.82, 2.24) is 0 Å². The predicted molar refractivity (Wildman–Crippen MR) is 76.3 cm³/mol. The van der Waals surface area contributed by atoms with E-state index in [1.165, 1.54) is 5.54 Å². The quantitative estimate of drug-likeness (QED) is 0.574. The summed E-state index contributed by atoms with van der Waals surface area (Å²) in [6.07, 6.45) is 1.86. The first-order valence-electron chi connectivity index (χ1n) is 5.16. The van der Waals surface area contributed by atoms with Crippen LogP contribution in [-0.4, -0.2) is 0 Å². The topological polar surface area (TPSA) is 13.1 Å². The second-order valence-electron chi connectivity index (χ2n) is 3.79. The van der Waals surface area contributed by atoms with Gasteiger partial charge in [0.1, 0.15) is 11.2 Å². The maximum atomic E-state index is 5.76. The van der Waals surface area contributed by atoms with Crippen molar-refractivity contribution in [2.45, 2.75) is 0 Å². The molecule has 0 saturated heterocycles. The second-order valence-corrected chi connectivity index (χ2v) is 4.96. The molecular weight excluding hydrogens is 300 g/mol. The van der Waals surface area contributed by atoms with Gasteiger partial charge in [0.25, 0.3) is 0 Å². The summed E-state index contributed by atoms with van der Waals surface area (Å²) in [5.74, 6) is 0. The number of hydrogen-bond acceptors (Lipinski definition) is 1. The standard InChI is InChI=1S/C14H8BrClO/c15-10-2-4-14-12(8-10)11-7-9(5-6-16)1-3-13(11)17-14/h1-8H. The van der Waals surface area contributed by atoms with Crippen LogP contribution in [-0.2, 0) is 0 Å². The Hall–Kier alpha value is -1.25. The van der Waals surface area contributed by atoms with Crippen molar-refractivity contribution in [2.24, 2.45) is 0 Å². The molecule has 0 fully saturated rings. The van der Waals surface area contributed by atoms with Gasteiger partial charge in [0.2, 0.25) is 0 Å². The summed E-state index contributed by atoms with van der Waals surface area (Å²) in [6, 6.07) is 12.0. The summed E-state index contributed by atoms with van der Waals surface area (Å²) in [4.78, 5) is 0. The minimum Gasteiger partial charge on any atom is -0.456 e. The van der Waals surface area contributed by atoms with E-state index in [0.717, 1.165) is 32.0 Å². The monoisotopic (exact) mass is 306 g/mol. The van der Waals surface area contributed by atoms with Crippen LogP contribution in [0.15, 0.2) is 50.8 Å². The van der Waals surface area contributed by atoms with Crippen LogP contribution < -0.4 is 0 Å². The van der Waals surface area contributed by atoms with Crippen molar-refractivity contribution < 1.29 is 4.42 Å². The van der Waals surface area contributed by atoms with Crippen molar-refractivity contribution in [2.75, 3.05) is 0 Å². The van der Waals surface area contributed by atoms with Crippen LogP contribution in [0, 0.1) is 0 Å². The van der Waals surface area contributed by atoms with Crippen molar-refractivity contribution in [3.63, 3.8) is 0 Å². The Morgan fingerprint density at radius 1 is 1.00 bits per heavy atom. The van der Waals surface area contributed by atoms with Crippen LogP contribution in [0.25, 0.3) is 28.0 Å². The van der Waals surface area contributed by atoms with Crippen LogP contribution in [0.2, 0.25) is 0 Å². The van der Waals surface area contributed by atoms with E-state index in [1.54, 1.807) is 0 Å². The van der Waals surface area contributed by atoms with Gasteiger partial charge in [0.15, 0.2) is 0 Å². The number of furan rings is 1. The average Bonchev–Trinajstić information content (AvgIpc) is 2.67. The van der Waals surface area contributed by atoms with Gasteiger partial charge in [-0.2, -0.15) is 0 Å². The number of rotatable bonds is 1. The maximum Gasteiger partial charge on any atom is 0.135 e. The minimum absolute atomic E-state index is 0.893. The van der Waals surface area contributed by atoms with Gasteiger partial charge in [0.05, 0.1) is 0 Å². The van der Waals surface area contributed by atoms with Gasteiger partial charge in [-0.15, -0.1) is 0 Å².